The molecule has 2 aliphatic rings. The van der Waals surface area contributed by atoms with E-state index in [4.69, 9.17) is 0 Å². The smallest absolute Gasteiger partial charge is 0.243 e. The van der Waals surface area contributed by atoms with Crippen LogP contribution in [-0.2, 0) is 9.59 Å². The lowest BCUT2D eigenvalue weighted by atomic mass is 9.91. The van der Waals surface area contributed by atoms with E-state index in [0.717, 1.165) is 32.4 Å². The molecule has 22 heavy (non-hydrogen) atoms. The van der Waals surface area contributed by atoms with Crippen molar-refractivity contribution in [2.75, 3.05) is 26.2 Å². The standard InChI is InChI=1S/C17H29N3O2/c1-17(2,3)11-15(21)20-10-4-5-14(20)16(22)19-12-13-6-8-18-9-7-13/h6,14,18H,4-5,7-12H2,1-3H3,(H,19,22). The Labute approximate surface area is 133 Å². The minimum atomic E-state index is -0.280. The number of nitrogens with zero attached hydrogens (tertiary/aromatic N) is 1. The van der Waals surface area contributed by atoms with Gasteiger partial charge in [-0.2, -0.15) is 0 Å². The summed E-state index contributed by atoms with van der Waals surface area (Å²) < 4.78 is 0. The molecule has 2 heterocycles. The normalized spacial score (nSPS) is 22.4. The first kappa shape index (κ1) is 17.0. The third kappa shape index (κ3) is 4.83. The van der Waals surface area contributed by atoms with Gasteiger partial charge in [0.1, 0.15) is 6.04 Å². The maximum absolute atomic E-state index is 12.4. The van der Waals surface area contributed by atoms with Crippen molar-refractivity contribution in [3.05, 3.63) is 11.6 Å². The molecule has 0 bridgehead atoms. The molecule has 0 saturated carbocycles. The lowest BCUT2D eigenvalue weighted by Gasteiger charge is -2.27. The number of nitrogens with one attached hydrogen (secondary N) is 2. The number of likely N-dealkylation sites (tertiary alicyclic amines) is 1. The lowest BCUT2D eigenvalue weighted by Crippen LogP contribution is -2.47. The van der Waals surface area contributed by atoms with Crippen molar-refractivity contribution in [1.29, 1.82) is 0 Å². The van der Waals surface area contributed by atoms with Crippen molar-refractivity contribution in [3.8, 4) is 0 Å². The van der Waals surface area contributed by atoms with Crippen molar-refractivity contribution in [1.82, 2.24) is 15.5 Å². The van der Waals surface area contributed by atoms with Crippen LogP contribution >= 0.6 is 0 Å². The topological polar surface area (TPSA) is 61.4 Å². The van der Waals surface area contributed by atoms with Crippen molar-refractivity contribution in [3.63, 3.8) is 0 Å². The zero-order chi connectivity index (χ0) is 16.2. The minimum absolute atomic E-state index is 0.000748. The molecule has 2 amide bonds. The molecule has 5 heteroatoms. The van der Waals surface area contributed by atoms with E-state index in [0.29, 0.717) is 19.5 Å². The second-order valence-electron chi connectivity index (χ2n) is 7.52. The van der Waals surface area contributed by atoms with Crippen LogP contribution in [0.1, 0.15) is 46.5 Å². The molecule has 0 spiro atoms. The molecule has 1 saturated heterocycles. The highest BCUT2D eigenvalue weighted by atomic mass is 16.2. The molecule has 1 unspecified atom stereocenters. The fraction of sp³-hybridized carbons (Fsp3) is 0.765. The van der Waals surface area contributed by atoms with E-state index in [9.17, 15) is 9.59 Å². The molecule has 0 aromatic carbocycles. The van der Waals surface area contributed by atoms with Gasteiger partial charge in [0.2, 0.25) is 11.8 Å². The van der Waals surface area contributed by atoms with Gasteiger partial charge in [-0.25, -0.2) is 0 Å². The zero-order valence-electron chi connectivity index (χ0n) is 14.1. The second-order valence-corrected chi connectivity index (χ2v) is 7.52. The average Bonchev–Trinajstić information content (AvgIpc) is 2.93. The summed E-state index contributed by atoms with van der Waals surface area (Å²) in [6.45, 7) is 9.34. The summed E-state index contributed by atoms with van der Waals surface area (Å²) in [6, 6.07) is -0.280. The molecule has 2 N–H and O–H groups in total. The van der Waals surface area contributed by atoms with Gasteiger partial charge in [0.15, 0.2) is 0 Å². The molecule has 124 valence electrons. The van der Waals surface area contributed by atoms with Crippen molar-refractivity contribution < 1.29 is 9.59 Å². The zero-order valence-corrected chi connectivity index (χ0v) is 14.1. The lowest BCUT2D eigenvalue weighted by molar-refractivity contribution is -0.139. The number of hydrogen-bond donors (Lipinski definition) is 2. The van der Waals surface area contributed by atoms with Crippen molar-refractivity contribution >= 4 is 11.8 Å². The Bertz CT molecular complexity index is 451. The molecule has 5 nitrogen and oxygen atoms in total. The highest BCUT2D eigenvalue weighted by Gasteiger charge is 2.35. The summed E-state index contributed by atoms with van der Waals surface area (Å²) in [6.07, 6.45) is 5.31. The van der Waals surface area contributed by atoms with E-state index in [1.807, 2.05) is 0 Å². The van der Waals surface area contributed by atoms with Gasteiger partial charge in [-0.15, -0.1) is 0 Å². The van der Waals surface area contributed by atoms with Gasteiger partial charge in [0, 0.05) is 26.1 Å². The van der Waals surface area contributed by atoms with Gasteiger partial charge in [-0.05, 0) is 31.2 Å². The third-order valence-corrected chi connectivity index (χ3v) is 4.20. The summed E-state index contributed by atoms with van der Waals surface area (Å²) in [5.41, 5.74) is 1.23. The van der Waals surface area contributed by atoms with E-state index < -0.39 is 0 Å². The molecule has 1 fully saturated rings. The van der Waals surface area contributed by atoms with Crippen molar-refractivity contribution in [2.24, 2.45) is 5.41 Å². The predicted octanol–water partition coefficient (Wildman–Crippen LogP) is 1.45. The quantitative estimate of drug-likeness (QED) is 0.773. The molecule has 2 rings (SSSR count). The average molecular weight is 307 g/mol. The first-order valence-corrected chi connectivity index (χ1v) is 8.33. The minimum Gasteiger partial charge on any atom is -0.351 e. The van der Waals surface area contributed by atoms with Crippen LogP contribution in [0.3, 0.4) is 0 Å². The third-order valence-electron chi connectivity index (χ3n) is 4.20. The number of carbonyl (C=O) groups is 2. The highest BCUT2D eigenvalue weighted by molar-refractivity contribution is 5.88. The fourth-order valence-corrected chi connectivity index (χ4v) is 3.04. The maximum atomic E-state index is 12.4. The van der Waals surface area contributed by atoms with Gasteiger partial charge in [-0.1, -0.05) is 32.4 Å². The Morgan fingerprint density at radius 3 is 2.82 bits per heavy atom. The van der Waals surface area contributed by atoms with Gasteiger partial charge in [0.05, 0.1) is 0 Å². The number of carbonyl (C=O) groups excluding carboxylic acids is 2. The summed E-state index contributed by atoms with van der Waals surface area (Å²) in [5.74, 6) is 0.102. The molecule has 1 atom stereocenters. The van der Waals surface area contributed by atoms with E-state index >= 15 is 0 Å². The number of amides is 2. The van der Waals surface area contributed by atoms with Crippen LogP contribution in [0, 0.1) is 5.41 Å². The summed E-state index contributed by atoms with van der Waals surface area (Å²) >= 11 is 0. The Balaban J connectivity index is 1.87. The van der Waals surface area contributed by atoms with Gasteiger partial charge < -0.3 is 15.5 Å². The first-order valence-electron chi connectivity index (χ1n) is 8.33. The number of rotatable bonds is 4. The monoisotopic (exact) mass is 307 g/mol. The SMILES string of the molecule is CC(C)(C)CC(=O)N1CCCC1C(=O)NCC1=CCNCC1. The molecule has 0 aromatic heterocycles. The summed E-state index contributed by atoms with van der Waals surface area (Å²) in [4.78, 5) is 26.6. The Hall–Kier alpha value is -1.36. The second kappa shape index (κ2) is 7.27. The molecule has 0 aliphatic carbocycles. The van der Waals surface area contributed by atoms with E-state index in [1.54, 1.807) is 4.90 Å². The van der Waals surface area contributed by atoms with E-state index in [-0.39, 0.29) is 23.3 Å². The van der Waals surface area contributed by atoms with Gasteiger partial charge >= 0.3 is 0 Å². The van der Waals surface area contributed by atoms with E-state index in [2.05, 4.69) is 37.5 Å². The van der Waals surface area contributed by atoms with Gasteiger partial charge in [-0.3, -0.25) is 9.59 Å². The highest BCUT2D eigenvalue weighted by Crippen LogP contribution is 2.24. The van der Waals surface area contributed by atoms with Crippen LogP contribution < -0.4 is 10.6 Å². The first-order chi connectivity index (χ1) is 10.4. The molecular weight excluding hydrogens is 278 g/mol. The Morgan fingerprint density at radius 2 is 2.18 bits per heavy atom. The largest absolute Gasteiger partial charge is 0.351 e. The van der Waals surface area contributed by atoms with Crippen LogP contribution in [0.15, 0.2) is 11.6 Å². The van der Waals surface area contributed by atoms with E-state index in [1.165, 1.54) is 5.57 Å². The molecule has 0 radical (unpaired) electrons. The van der Waals surface area contributed by atoms with Crippen LogP contribution in [0.2, 0.25) is 0 Å². The molecule has 2 aliphatic heterocycles. The van der Waals surface area contributed by atoms with Gasteiger partial charge in [0.25, 0.3) is 0 Å². The Kier molecular flexibility index (Phi) is 5.62. The van der Waals surface area contributed by atoms with Crippen LogP contribution in [0.5, 0.6) is 0 Å². The van der Waals surface area contributed by atoms with Crippen LogP contribution in [-0.4, -0.2) is 48.9 Å². The maximum Gasteiger partial charge on any atom is 0.243 e. The Morgan fingerprint density at radius 1 is 1.41 bits per heavy atom. The number of hydrogen-bond acceptors (Lipinski definition) is 3. The molecule has 0 aromatic rings. The molecular formula is C17H29N3O2. The van der Waals surface area contributed by atoms with Crippen molar-refractivity contribution in [2.45, 2.75) is 52.5 Å². The van der Waals surface area contributed by atoms with Crippen LogP contribution in [0.4, 0.5) is 0 Å². The summed E-state index contributed by atoms with van der Waals surface area (Å²) in [5, 5.41) is 6.27. The predicted molar refractivity (Wildman–Crippen MR) is 87.4 cm³/mol. The van der Waals surface area contributed by atoms with Crippen LogP contribution in [0.25, 0.3) is 0 Å². The summed E-state index contributed by atoms with van der Waals surface area (Å²) in [7, 11) is 0. The fourth-order valence-electron chi connectivity index (χ4n) is 3.04.